The third-order valence-electron chi connectivity index (χ3n) is 6.25. The molecule has 0 fully saturated rings. The van der Waals surface area contributed by atoms with Crippen LogP contribution in [0.2, 0.25) is 5.02 Å². The summed E-state index contributed by atoms with van der Waals surface area (Å²) in [6.45, 7) is 5.66. The molecule has 0 radical (unpaired) electrons. The molecule has 0 unspecified atom stereocenters. The molecule has 0 bridgehead atoms. The summed E-state index contributed by atoms with van der Waals surface area (Å²) >= 11 is 6.01. The first-order chi connectivity index (χ1) is 19.1. The normalized spacial score (nSPS) is 11.4. The van der Waals surface area contributed by atoms with E-state index in [1.165, 1.54) is 18.3 Å². The molecule has 0 heterocycles. The second-order valence-electron chi connectivity index (χ2n) is 9.37. The van der Waals surface area contributed by atoms with Gasteiger partial charge >= 0.3 is 0 Å². The summed E-state index contributed by atoms with van der Waals surface area (Å²) < 4.78 is 34.0. The SMILES string of the molecule is Cc1ccc(S(=O)(=O)N(CC(=O)N/N=C/c2ccc(OCc3cccc(Cl)c3)cc2)c2ccc(C)c(C)c2)cc1. The Morgan fingerprint density at radius 3 is 2.33 bits per heavy atom. The van der Waals surface area contributed by atoms with E-state index >= 15 is 0 Å². The Kier molecular flexibility index (Phi) is 9.24. The van der Waals surface area contributed by atoms with Gasteiger partial charge in [-0.15, -0.1) is 0 Å². The summed E-state index contributed by atoms with van der Waals surface area (Å²) in [5, 5.41) is 4.67. The molecule has 0 saturated carbocycles. The molecule has 40 heavy (non-hydrogen) atoms. The van der Waals surface area contributed by atoms with Crippen LogP contribution in [-0.2, 0) is 21.4 Å². The molecule has 0 saturated heterocycles. The van der Waals surface area contributed by atoms with Crippen molar-refractivity contribution in [1.82, 2.24) is 5.43 Å². The number of ether oxygens (including phenoxy) is 1. The van der Waals surface area contributed by atoms with Crippen LogP contribution in [0.5, 0.6) is 5.75 Å². The van der Waals surface area contributed by atoms with Gasteiger partial charge in [0.25, 0.3) is 15.9 Å². The smallest absolute Gasteiger partial charge is 0.264 e. The van der Waals surface area contributed by atoms with Crippen molar-refractivity contribution in [3.63, 3.8) is 0 Å². The van der Waals surface area contributed by atoms with Gasteiger partial charge in [0.05, 0.1) is 16.8 Å². The van der Waals surface area contributed by atoms with Crippen molar-refractivity contribution in [3.05, 3.63) is 124 Å². The van der Waals surface area contributed by atoms with Gasteiger partial charge in [-0.3, -0.25) is 9.10 Å². The highest BCUT2D eigenvalue weighted by Crippen LogP contribution is 2.26. The number of rotatable bonds is 10. The quantitative estimate of drug-likeness (QED) is 0.180. The maximum absolute atomic E-state index is 13.6. The maximum atomic E-state index is 13.6. The lowest BCUT2D eigenvalue weighted by molar-refractivity contribution is -0.119. The molecular formula is C31H30ClN3O4S. The van der Waals surface area contributed by atoms with E-state index in [9.17, 15) is 13.2 Å². The van der Waals surface area contributed by atoms with Gasteiger partial charge in [0.1, 0.15) is 18.9 Å². The average molecular weight is 576 g/mol. The Morgan fingerprint density at radius 1 is 0.925 bits per heavy atom. The monoisotopic (exact) mass is 575 g/mol. The lowest BCUT2D eigenvalue weighted by Gasteiger charge is -2.24. The molecule has 206 valence electrons. The third kappa shape index (κ3) is 7.49. The van der Waals surface area contributed by atoms with E-state index < -0.39 is 22.5 Å². The van der Waals surface area contributed by atoms with E-state index in [4.69, 9.17) is 16.3 Å². The molecule has 1 N–H and O–H groups in total. The first-order valence-electron chi connectivity index (χ1n) is 12.6. The van der Waals surface area contributed by atoms with Crippen molar-refractivity contribution in [1.29, 1.82) is 0 Å². The van der Waals surface area contributed by atoms with Crippen LogP contribution in [0.4, 0.5) is 5.69 Å². The van der Waals surface area contributed by atoms with Gasteiger partial charge in [0, 0.05) is 5.02 Å². The number of halogens is 1. The van der Waals surface area contributed by atoms with Gasteiger partial charge in [-0.1, -0.05) is 47.5 Å². The van der Waals surface area contributed by atoms with Crippen LogP contribution in [0.25, 0.3) is 0 Å². The minimum atomic E-state index is -4.01. The predicted octanol–water partition coefficient (Wildman–Crippen LogP) is 6.19. The number of sulfonamides is 1. The zero-order chi connectivity index (χ0) is 28.7. The summed E-state index contributed by atoms with van der Waals surface area (Å²) in [7, 11) is -4.01. The second-order valence-corrected chi connectivity index (χ2v) is 11.7. The summed E-state index contributed by atoms with van der Waals surface area (Å²) in [5.74, 6) is 0.0955. The predicted molar refractivity (Wildman–Crippen MR) is 160 cm³/mol. The number of nitrogens with zero attached hydrogens (tertiary/aromatic N) is 2. The molecule has 0 aromatic heterocycles. The van der Waals surface area contributed by atoms with Crippen LogP contribution >= 0.6 is 11.6 Å². The van der Waals surface area contributed by atoms with Gasteiger partial charge in [-0.05, 0) is 104 Å². The summed E-state index contributed by atoms with van der Waals surface area (Å²) in [6.07, 6.45) is 1.48. The van der Waals surface area contributed by atoms with Crippen molar-refractivity contribution >= 4 is 39.4 Å². The molecule has 7 nitrogen and oxygen atoms in total. The number of amides is 1. The fraction of sp³-hybridized carbons (Fsp3) is 0.161. The topological polar surface area (TPSA) is 88.1 Å². The van der Waals surface area contributed by atoms with E-state index in [1.54, 1.807) is 48.5 Å². The highest BCUT2D eigenvalue weighted by atomic mass is 35.5. The van der Waals surface area contributed by atoms with E-state index in [0.717, 1.165) is 32.1 Å². The zero-order valence-electron chi connectivity index (χ0n) is 22.5. The molecule has 1 amide bonds. The Bertz CT molecular complexity index is 1620. The Morgan fingerprint density at radius 2 is 1.65 bits per heavy atom. The van der Waals surface area contributed by atoms with Gasteiger partial charge < -0.3 is 4.74 Å². The number of benzene rings is 4. The van der Waals surface area contributed by atoms with Crippen LogP contribution in [0.1, 0.15) is 27.8 Å². The van der Waals surface area contributed by atoms with E-state index in [-0.39, 0.29) is 4.90 Å². The molecule has 0 spiro atoms. The molecule has 4 rings (SSSR count). The summed E-state index contributed by atoms with van der Waals surface area (Å²) in [6, 6.07) is 26.5. The first kappa shape index (κ1) is 28.9. The minimum Gasteiger partial charge on any atom is -0.489 e. The first-order valence-corrected chi connectivity index (χ1v) is 14.4. The zero-order valence-corrected chi connectivity index (χ0v) is 24.0. The Hall–Kier alpha value is -4.14. The van der Waals surface area contributed by atoms with Crippen LogP contribution in [-0.4, -0.2) is 27.1 Å². The number of hydrazone groups is 1. The Balaban J connectivity index is 1.42. The number of hydrogen-bond donors (Lipinski definition) is 1. The van der Waals surface area contributed by atoms with Crippen LogP contribution in [0, 0.1) is 20.8 Å². The van der Waals surface area contributed by atoms with Crippen molar-refractivity contribution in [3.8, 4) is 5.75 Å². The van der Waals surface area contributed by atoms with Crippen molar-refractivity contribution < 1.29 is 17.9 Å². The number of carbonyl (C=O) groups is 1. The summed E-state index contributed by atoms with van der Waals surface area (Å²) in [4.78, 5) is 12.9. The fourth-order valence-electron chi connectivity index (χ4n) is 3.82. The van der Waals surface area contributed by atoms with Gasteiger partial charge in [0.2, 0.25) is 0 Å². The van der Waals surface area contributed by atoms with E-state index in [2.05, 4.69) is 10.5 Å². The van der Waals surface area contributed by atoms with Crippen molar-refractivity contribution in [2.45, 2.75) is 32.3 Å². The van der Waals surface area contributed by atoms with Crippen LogP contribution in [0.15, 0.2) is 101 Å². The molecule has 4 aromatic carbocycles. The minimum absolute atomic E-state index is 0.102. The van der Waals surface area contributed by atoms with Crippen molar-refractivity contribution in [2.75, 3.05) is 10.8 Å². The number of anilines is 1. The highest BCUT2D eigenvalue weighted by molar-refractivity contribution is 7.92. The lowest BCUT2D eigenvalue weighted by Crippen LogP contribution is -2.39. The second kappa shape index (κ2) is 12.8. The van der Waals surface area contributed by atoms with Gasteiger partial charge in [-0.2, -0.15) is 5.10 Å². The molecule has 0 aliphatic rings. The van der Waals surface area contributed by atoms with Gasteiger partial charge in [0.15, 0.2) is 0 Å². The van der Waals surface area contributed by atoms with Crippen molar-refractivity contribution in [2.24, 2.45) is 5.10 Å². The third-order valence-corrected chi connectivity index (χ3v) is 8.28. The molecule has 0 aliphatic carbocycles. The highest BCUT2D eigenvalue weighted by Gasteiger charge is 2.27. The lowest BCUT2D eigenvalue weighted by atomic mass is 10.1. The van der Waals surface area contributed by atoms with E-state index in [0.29, 0.717) is 23.1 Å². The van der Waals surface area contributed by atoms with Crippen LogP contribution < -0.4 is 14.5 Å². The molecule has 9 heteroatoms. The molecular weight excluding hydrogens is 546 g/mol. The Labute approximate surface area is 240 Å². The number of carbonyl (C=O) groups excluding carboxylic acids is 1. The summed E-state index contributed by atoms with van der Waals surface area (Å²) in [5.41, 5.74) is 7.40. The molecule has 0 aliphatic heterocycles. The largest absolute Gasteiger partial charge is 0.489 e. The number of aryl methyl sites for hydroxylation is 3. The van der Waals surface area contributed by atoms with Crippen LogP contribution in [0.3, 0.4) is 0 Å². The van der Waals surface area contributed by atoms with E-state index in [1.807, 2.05) is 51.1 Å². The average Bonchev–Trinajstić information content (AvgIpc) is 2.93. The number of nitrogens with one attached hydrogen (secondary N) is 1. The molecule has 4 aromatic rings. The molecule has 0 atom stereocenters. The maximum Gasteiger partial charge on any atom is 0.264 e. The fourth-order valence-corrected chi connectivity index (χ4v) is 5.45. The van der Waals surface area contributed by atoms with Gasteiger partial charge in [-0.25, -0.2) is 13.8 Å². The standard InChI is InChI=1S/C31H30ClN3O4S/c1-22-7-15-30(16-8-22)40(37,38)35(28-12-9-23(2)24(3)17-28)20-31(36)34-33-19-25-10-13-29(14-11-25)39-21-26-5-4-6-27(32)18-26/h4-19H,20-21H2,1-3H3,(H,34,36)/b33-19+. The number of hydrogen-bond acceptors (Lipinski definition) is 5.